The fraction of sp³-hybridized carbons (Fsp3) is 0.514. The van der Waals surface area contributed by atoms with Gasteiger partial charge in [-0.25, -0.2) is 0 Å². The normalized spacial score (nSPS) is 13.7. The molecule has 0 aliphatic heterocycles. The number of hydrogen-bond donors (Lipinski definition) is 11. The lowest BCUT2D eigenvalue weighted by atomic mass is 10.0. The molecule has 0 aliphatic rings. The van der Waals surface area contributed by atoms with Crippen LogP contribution in [0, 0.1) is 17.8 Å². The van der Waals surface area contributed by atoms with Crippen molar-refractivity contribution < 1.29 is 54.6 Å². The predicted molar refractivity (Wildman–Crippen MR) is 194 cm³/mol. The van der Waals surface area contributed by atoms with Crippen molar-refractivity contribution in [1.82, 2.24) is 0 Å². The number of carboxylic acid groups (broad SMARTS) is 5. The summed E-state index contributed by atoms with van der Waals surface area (Å²) in [5.41, 5.74) is 28.1. The highest BCUT2D eigenvalue weighted by molar-refractivity contribution is 5.74. The lowest BCUT2D eigenvalue weighted by Crippen LogP contribution is -2.36. The van der Waals surface area contributed by atoms with Gasteiger partial charge in [0.1, 0.15) is 36.0 Å². The fourth-order valence-corrected chi connectivity index (χ4v) is 3.32. The average molecular weight is 726 g/mol. The third-order valence-corrected chi connectivity index (χ3v) is 6.91. The number of aromatic hydroxyl groups is 1. The number of phenols is 1. The second-order valence-corrected chi connectivity index (χ2v) is 12.4. The van der Waals surface area contributed by atoms with E-state index >= 15 is 0 Å². The molecule has 0 amide bonds. The van der Waals surface area contributed by atoms with Crippen LogP contribution in [0.25, 0.3) is 0 Å². The zero-order chi connectivity index (χ0) is 40.4. The van der Waals surface area contributed by atoms with E-state index in [1.54, 1.807) is 26.0 Å². The molecule has 16 heteroatoms. The third kappa shape index (κ3) is 27.9. The molecule has 0 aromatic heterocycles. The Morgan fingerprint density at radius 3 is 1.16 bits per heavy atom. The maximum absolute atomic E-state index is 10.4. The Morgan fingerprint density at radius 1 is 0.549 bits per heavy atom. The summed E-state index contributed by atoms with van der Waals surface area (Å²) in [7, 11) is 0. The largest absolute Gasteiger partial charge is 0.508 e. The van der Waals surface area contributed by atoms with Gasteiger partial charge in [-0.2, -0.15) is 0 Å². The Labute approximate surface area is 299 Å². The van der Waals surface area contributed by atoms with Gasteiger partial charge in [-0.05, 0) is 60.3 Å². The van der Waals surface area contributed by atoms with Gasteiger partial charge in [-0.3, -0.25) is 24.0 Å². The molecule has 2 aromatic rings. The Bertz CT molecular complexity index is 1280. The molecule has 51 heavy (non-hydrogen) atoms. The summed E-state index contributed by atoms with van der Waals surface area (Å²) in [6.07, 6.45) is 2.02. The highest BCUT2D eigenvalue weighted by Crippen LogP contribution is 2.11. The average Bonchev–Trinajstić information content (AvgIpc) is 3.05. The molecule has 2 aromatic carbocycles. The highest BCUT2D eigenvalue weighted by Gasteiger charge is 2.17. The summed E-state index contributed by atoms with van der Waals surface area (Å²) in [6, 6.07) is 11.9. The lowest BCUT2D eigenvalue weighted by Gasteiger charge is -2.11. The van der Waals surface area contributed by atoms with Crippen LogP contribution in [0.5, 0.6) is 5.75 Å². The standard InChI is InChI=1S/C9H11NO3.C9H11NO2.2C6H13NO2.C5H11NO2/c10-8(9(12)13)5-6-1-3-7(11)4-2-6;10-8(9(11)12)6-7-4-2-1-3-5-7;1-4(2)3-5(7)6(8)9;1-3-4(2)5(7)6(8)9;1-3(2)4(6)5(7)8/h1-4,8,11H,5,10H2,(H,12,13);1-5,8H,6,10H2,(H,11,12);2*4-5H,3,7H2,1-2H3,(H,8,9);3-4H,6H2,1-2H3,(H,7,8). The first-order valence-electron chi connectivity index (χ1n) is 16.2. The van der Waals surface area contributed by atoms with Crippen LogP contribution in [-0.4, -0.2) is 90.7 Å². The Morgan fingerprint density at radius 2 is 0.922 bits per heavy atom. The van der Waals surface area contributed by atoms with E-state index in [9.17, 15) is 24.0 Å². The minimum Gasteiger partial charge on any atom is -0.508 e. The van der Waals surface area contributed by atoms with Gasteiger partial charge in [0.25, 0.3) is 0 Å². The minimum atomic E-state index is -1.02. The number of hydrogen-bond acceptors (Lipinski definition) is 11. The third-order valence-electron chi connectivity index (χ3n) is 6.91. The number of rotatable bonds is 14. The van der Waals surface area contributed by atoms with Crippen molar-refractivity contribution in [2.45, 2.75) is 97.4 Å². The Hall–Kier alpha value is -4.61. The van der Waals surface area contributed by atoms with E-state index in [4.69, 9.17) is 59.3 Å². The van der Waals surface area contributed by atoms with E-state index < -0.39 is 60.1 Å². The second kappa shape index (κ2) is 28.1. The first-order valence-corrected chi connectivity index (χ1v) is 16.2. The molecule has 0 bridgehead atoms. The number of phenolic OH excluding ortho intramolecular Hbond substituents is 1. The van der Waals surface area contributed by atoms with Gasteiger partial charge in [-0.15, -0.1) is 0 Å². The number of carboxylic acids is 5. The van der Waals surface area contributed by atoms with Crippen molar-refractivity contribution in [2.75, 3.05) is 0 Å². The van der Waals surface area contributed by atoms with Crippen LogP contribution in [0.2, 0.25) is 0 Å². The molecule has 16 nitrogen and oxygen atoms in total. The van der Waals surface area contributed by atoms with Crippen LogP contribution in [0.15, 0.2) is 54.6 Å². The fourth-order valence-electron chi connectivity index (χ4n) is 3.32. The van der Waals surface area contributed by atoms with Gasteiger partial charge in [0.05, 0.1) is 0 Å². The molecule has 6 atom stereocenters. The second-order valence-electron chi connectivity index (χ2n) is 12.4. The van der Waals surface area contributed by atoms with Gasteiger partial charge in [-0.1, -0.05) is 90.4 Å². The monoisotopic (exact) mass is 725 g/mol. The van der Waals surface area contributed by atoms with E-state index in [0.717, 1.165) is 17.5 Å². The zero-order valence-corrected chi connectivity index (χ0v) is 30.3. The zero-order valence-electron chi connectivity index (χ0n) is 30.3. The van der Waals surface area contributed by atoms with Crippen LogP contribution >= 0.6 is 0 Å². The van der Waals surface area contributed by atoms with Crippen LogP contribution in [0.4, 0.5) is 0 Å². The SMILES string of the molecule is CC(C)C(N)C(=O)O.CC(C)CC(N)C(=O)O.CCC(C)C(N)C(=O)O.NC(Cc1ccc(O)cc1)C(=O)O.NC(Cc1ccccc1)C(=O)O. The van der Waals surface area contributed by atoms with Gasteiger partial charge in [0, 0.05) is 0 Å². The molecule has 0 aliphatic carbocycles. The van der Waals surface area contributed by atoms with Crippen molar-refractivity contribution in [1.29, 1.82) is 0 Å². The molecule has 0 saturated carbocycles. The van der Waals surface area contributed by atoms with Gasteiger partial charge in [0.2, 0.25) is 0 Å². The van der Waals surface area contributed by atoms with E-state index in [2.05, 4.69) is 0 Å². The quantitative estimate of drug-likeness (QED) is 0.132. The van der Waals surface area contributed by atoms with Crippen LogP contribution < -0.4 is 28.7 Å². The summed E-state index contributed by atoms with van der Waals surface area (Å²) in [5, 5.41) is 50.9. The maximum Gasteiger partial charge on any atom is 0.320 e. The molecular formula is C35H59N5O11. The van der Waals surface area contributed by atoms with E-state index in [0.29, 0.717) is 18.8 Å². The first-order chi connectivity index (χ1) is 23.5. The topological polar surface area (TPSA) is 337 Å². The molecule has 0 saturated heterocycles. The lowest BCUT2D eigenvalue weighted by molar-refractivity contribution is -0.140. The van der Waals surface area contributed by atoms with Crippen molar-refractivity contribution in [3.63, 3.8) is 0 Å². The molecule has 0 fully saturated rings. The van der Waals surface area contributed by atoms with Crippen LogP contribution in [-0.2, 0) is 36.8 Å². The summed E-state index contributed by atoms with van der Waals surface area (Å²) in [4.78, 5) is 51.1. The number of benzene rings is 2. The van der Waals surface area contributed by atoms with Crippen LogP contribution in [0.3, 0.4) is 0 Å². The minimum absolute atomic E-state index is 0.0208. The van der Waals surface area contributed by atoms with Crippen molar-refractivity contribution in [3.05, 3.63) is 65.7 Å². The van der Waals surface area contributed by atoms with E-state index in [1.807, 2.05) is 58.0 Å². The van der Waals surface area contributed by atoms with Gasteiger partial charge < -0.3 is 59.3 Å². The van der Waals surface area contributed by atoms with Gasteiger partial charge in [0.15, 0.2) is 0 Å². The highest BCUT2D eigenvalue weighted by atomic mass is 16.4. The number of nitrogens with two attached hydrogens (primary N) is 5. The van der Waals surface area contributed by atoms with Crippen molar-refractivity contribution in [3.8, 4) is 5.75 Å². The van der Waals surface area contributed by atoms with E-state index in [-0.39, 0.29) is 24.0 Å². The summed E-state index contributed by atoms with van der Waals surface area (Å²) in [6.45, 7) is 11.2. The molecule has 0 heterocycles. The molecule has 0 spiro atoms. The Balaban J connectivity index is -0.000000573. The van der Waals surface area contributed by atoms with E-state index in [1.165, 1.54) is 12.1 Å². The summed E-state index contributed by atoms with van der Waals surface area (Å²) >= 11 is 0. The smallest absolute Gasteiger partial charge is 0.320 e. The predicted octanol–water partition coefficient (Wildman–Crippen LogP) is 1.93. The molecule has 16 N–H and O–H groups in total. The molecule has 0 radical (unpaired) electrons. The maximum atomic E-state index is 10.4. The number of carbonyl (C=O) groups is 5. The van der Waals surface area contributed by atoms with Crippen molar-refractivity contribution >= 4 is 29.8 Å². The number of aliphatic carboxylic acids is 5. The molecule has 2 rings (SSSR count). The molecule has 6 unspecified atom stereocenters. The van der Waals surface area contributed by atoms with Crippen molar-refractivity contribution in [2.24, 2.45) is 46.4 Å². The summed E-state index contributed by atoms with van der Waals surface area (Å²) in [5.74, 6) is -4.13. The van der Waals surface area contributed by atoms with Gasteiger partial charge >= 0.3 is 29.8 Å². The first kappa shape index (κ1) is 50.8. The Kier molecular flexibility index (Phi) is 28.0. The summed E-state index contributed by atoms with van der Waals surface area (Å²) < 4.78 is 0. The molecule has 290 valence electrons. The molecular weight excluding hydrogens is 666 g/mol. The van der Waals surface area contributed by atoms with Crippen LogP contribution in [0.1, 0.15) is 65.5 Å².